The molecule has 0 saturated carbocycles. The summed E-state index contributed by atoms with van der Waals surface area (Å²) in [6.07, 6.45) is 9.12. The maximum absolute atomic E-state index is 3.56. The molecule has 1 N–H and O–H groups in total. The van der Waals surface area contributed by atoms with Crippen molar-refractivity contribution in [2.24, 2.45) is 0 Å². The SMILES string of the molecule is C=C/C=C\C(=C/C)NC=C. The molecule has 0 aromatic heterocycles. The molecule has 0 aromatic rings. The van der Waals surface area contributed by atoms with Gasteiger partial charge in [-0.2, -0.15) is 0 Å². The fourth-order valence-electron chi connectivity index (χ4n) is 0.517. The highest BCUT2D eigenvalue weighted by molar-refractivity contribution is 5.20. The molecule has 1 heteroatoms. The molecule has 0 fully saturated rings. The molecule has 0 atom stereocenters. The van der Waals surface area contributed by atoms with Crippen molar-refractivity contribution in [1.82, 2.24) is 5.32 Å². The monoisotopic (exact) mass is 135 g/mol. The third kappa shape index (κ3) is 3.72. The Morgan fingerprint density at radius 3 is 2.50 bits per heavy atom. The van der Waals surface area contributed by atoms with Gasteiger partial charge in [0.15, 0.2) is 0 Å². The lowest BCUT2D eigenvalue weighted by Crippen LogP contribution is -1.99. The normalized spacial score (nSPS) is 11.5. The predicted molar refractivity (Wildman–Crippen MR) is 46.4 cm³/mol. The second kappa shape index (κ2) is 5.89. The Hall–Kier alpha value is -1.24. The topological polar surface area (TPSA) is 12.0 Å². The Labute approximate surface area is 62.5 Å². The largest absolute Gasteiger partial charge is 0.363 e. The molecule has 0 aliphatic carbocycles. The number of rotatable bonds is 4. The molecule has 0 aliphatic rings. The van der Waals surface area contributed by atoms with Gasteiger partial charge < -0.3 is 5.32 Å². The summed E-state index contributed by atoms with van der Waals surface area (Å²) in [5.41, 5.74) is 1.02. The highest BCUT2D eigenvalue weighted by Crippen LogP contribution is 1.90. The van der Waals surface area contributed by atoms with Crippen molar-refractivity contribution in [2.45, 2.75) is 6.92 Å². The molecule has 0 rings (SSSR count). The van der Waals surface area contributed by atoms with Gasteiger partial charge in [0.25, 0.3) is 0 Å². The zero-order valence-electron chi connectivity index (χ0n) is 6.30. The minimum atomic E-state index is 1.02. The van der Waals surface area contributed by atoms with Crippen molar-refractivity contribution in [2.75, 3.05) is 0 Å². The van der Waals surface area contributed by atoms with Gasteiger partial charge in [0.1, 0.15) is 0 Å². The van der Waals surface area contributed by atoms with Crippen molar-refractivity contribution < 1.29 is 0 Å². The maximum Gasteiger partial charge on any atom is 0.0336 e. The lowest BCUT2D eigenvalue weighted by Gasteiger charge is -1.96. The van der Waals surface area contributed by atoms with Gasteiger partial charge in [0.05, 0.1) is 0 Å². The zero-order valence-corrected chi connectivity index (χ0v) is 6.30. The lowest BCUT2D eigenvalue weighted by molar-refractivity contribution is 1.11. The van der Waals surface area contributed by atoms with Crippen LogP contribution in [-0.2, 0) is 0 Å². The predicted octanol–water partition coefficient (Wildman–Crippen LogP) is 2.37. The number of nitrogens with one attached hydrogen (secondary N) is 1. The lowest BCUT2D eigenvalue weighted by atomic mass is 10.3. The second-order valence-electron chi connectivity index (χ2n) is 1.69. The third-order valence-corrected chi connectivity index (χ3v) is 0.992. The van der Waals surface area contributed by atoms with E-state index >= 15 is 0 Å². The maximum atomic E-state index is 3.56. The van der Waals surface area contributed by atoms with Crippen molar-refractivity contribution >= 4 is 0 Å². The van der Waals surface area contributed by atoms with Crippen LogP contribution in [0.2, 0.25) is 0 Å². The van der Waals surface area contributed by atoms with E-state index in [1.165, 1.54) is 0 Å². The summed E-state index contributed by atoms with van der Waals surface area (Å²) in [7, 11) is 0. The first-order chi connectivity index (χ1) is 4.85. The Morgan fingerprint density at radius 2 is 2.10 bits per heavy atom. The van der Waals surface area contributed by atoms with E-state index in [0.717, 1.165) is 5.70 Å². The number of hydrogen-bond donors (Lipinski definition) is 1. The Kier molecular flexibility index (Phi) is 5.16. The van der Waals surface area contributed by atoms with Crippen LogP contribution in [0, 0.1) is 0 Å². The van der Waals surface area contributed by atoms with Crippen LogP contribution in [0.3, 0.4) is 0 Å². The smallest absolute Gasteiger partial charge is 0.0336 e. The average molecular weight is 135 g/mol. The zero-order chi connectivity index (χ0) is 7.82. The molecule has 0 saturated heterocycles. The van der Waals surface area contributed by atoms with Gasteiger partial charge in [0, 0.05) is 5.70 Å². The van der Waals surface area contributed by atoms with E-state index in [2.05, 4.69) is 18.5 Å². The van der Waals surface area contributed by atoms with Crippen LogP contribution in [-0.4, -0.2) is 0 Å². The van der Waals surface area contributed by atoms with E-state index in [0.29, 0.717) is 0 Å². The molecule has 0 bridgehead atoms. The van der Waals surface area contributed by atoms with Crippen LogP contribution in [0.1, 0.15) is 6.92 Å². The summed E-state index contributed by atoms with van der Waals surface area (Å²) < 4.78 is 0. The molecule has 0 radical (unpaired) electrons. The minimum absolute atomic E-state index is 1.02. The molecule has 54 valence electrons. The van der Waals surface area contributed by atoms with Gasteiger partial charge in [-0.05, 0) is 19.2 Å². The first-order valence-corrected chi connectivity index (χ1v) is 3.18. The van der Waals surface area contributed by atoms with E-state index in [1.54, 1.807) is 12.3 Å². The molecular weight excluding hydrogens is 122 g/mol. The Morgan fingerprint density at radius 1 is 1.40 bits per heavy atom. The number of hydrogen-bond acceptors (Lipinski definition) is 1. The number of allylic oxidation sites excluding steroid dienone is 4. The molecule has 0 heterocycles. The van der Waals surface area contributed by atoms with Crippen molar-refractivity contribution in [3.05, 3.63) is 49.4 Å². The van der Waals surface area contributed by atoms with Gasteiger partial charge in [-0.25, -0.2) is 0 Å². The third-order valence-electron chi connectivity index (χ3n) is 0.992. The van der Waals surface area contributed by atoms with Gasteiger partial charge >= 0.3 is 0 Å². The van der Waals surface area contributed by atoms with E-state index < -0.39 is 0 Å². The van der Waals surface area contributed by atoms with Gasteiger partial charge in [-0.15, -0.1) is 0 Å². The van der Waals surface area contributed by atoms with Gasteiger partial charge in [0.2, 0.25) is 0 Å². The summed E-state index contributed by atoms with van der Waals surface area (Å²) >= 11 is 0. The summed E-state index contributed by atoms with van der Waals surface area (Å²) in [6, 6.07) is 0. The molecule has 0 aliphatic heterocycles. The van der Waals surface area contributed by atoms with E-state index in [1.807, 2.05) is 25.2 Å². The molecule has 0 unspecified atom stereocenters. The van der Waals surface area contributed by atoms with Crippen LogP contribution >= 0.6 is 0 Å². The molecule has 0 spiro atoms. The van der Waals surface area contributed by atoms with Crippen LogP contribution in [0.15, 0.2) is 49.4 Å². The summed E-state index contributed by atoms with van der Waals surface area (Å²) in [4.78, 5) is 0. The van der Waals surface area contributed by atoms with Crippen molar-refractivity contribution in [3.8, 4) is 0 Å². The Bertz CT molecular complexity index is 164. The quantitative estimate of drug-likeness (QED) is 0.583. The highest BCUT2D eigenvalue weighted by atomic mass is 14.8. The second-order valence-corrected chi connectivity index (χ2v) is 1.69. The molecular formula is C9H13N. The fraction of sp³-hybridized carbons (Fsp3) is 0.111. The van der Waals surface area contributed by atoms with Crippen LogP contribution < -0.4 is 5.32 Å². The van der Waals surface area contributed by atoms with Crippen LogP contribution in [0.5, 0.6) is 0 Å². The van der Waals surface area contributed by atoms with E-state index in [9.17, 15) is 0 Å². The summed E-state index contributed by atoms with van der Waals surface area (Å²) in [5.74, 6) is 0. The van der Waals surface area contributed by atoms with Crippen molar-refractivity contribution in [1.29, 1.82) is 0 Å². The minimum Gasteiger partial charge on any atom is -0.363 e. The van der Waals surface area contributed by atoms with Crippen molar-refractivity contribution in [3.63, 3.8) is 0 Å². The first-order valence-electron chi connectivity index (χ1n) is 3.18. The van der Waals surface area contributed by atoms with Gasteiger partial charge in [-0.1, -0.05) is 31.4 Å². The Balaban J connectivity index is 3.95. The van der Waals surface area contributed by atoms with E-state index in [4.69, 9.17) is 0 Å². The molecule has 0 aromatic carbocycles. The van der Waals surface area contributed by atoms with E-state index in [-0.39, 0.29) is 0 Å². The molecule has 0 amide bonds. The standard InChI is InChI=1S/C9H13N/c1-4-7-8-9(5-2)10-6-3/h4-8,10H,1,3H2,2H3/b8-7-,9-5+. The summed E-state index contributed by atoms with van der Waals surface area (Å²) in [6.45, 7) is 9.06. The first kappa shape index (κ1) is 8.76. The highest BCUT2D eigenvalue weighted by Gasteiger charge is 1.79. The van der Waals surface area contributed by atoms with Gasteiger partial charge in [-0.3, -0.25) is 0 Å². The average Bonchev–Trinajstić information content (AvgIpc) is 1.98. The summed E-state index contributed by atoms with van der Waals surface area (Å²) in [5, 5.41) is 2.96. The molecule has 10 heavy (non-hydrogen) atoms. The van der Waals surface area contributed by atoms with Crippen LogP contribution in [0.4, 0.5) is 0 Å². The molecule has 1 nitrogen and oxygen atoms in total. The fourth-order valence-corrected chi connectivity index (χ4v) is 0.517. The van der Waals surface area contributed by atoms with Crippen LogP contribution in [0.25, 0.3) is 0 Å².